The number of aryl methyl sites for hydroxylation is 1. The van der Waals surface area contributed by atoms with Gasteiger partial charge in [0.25, 0.3) is 5.56 Å². The monoisotopic (exact) mass is 436 g/mol. The van der Waals surface area contributed by atoms with Crippen molar-refractivity contribution in [3.8, 4) is 0 Å². The highest BCUT2D eigenvalue weighted by atomic mass is 127. The average Bonchev–Trinajstić information content (AvgIpc) is 2.33. The molecule has 0 unspecified atom stereocenters. The number of hydrogen-bond acceptors (Lipinski definition) is 3. The third-order valence-corrected chi connectivity index (χ3v) is 5.02. The molecule has 0 spiro atoms. The van der Waals surface area contributed by atoms with Crippen molar-refractivity contribution in [3.05, 3.63) is 54.2 Å². The average molecular weight is 437 g/mol. The molecular weight excluding hydrogens is 427 g/mol. The first-order valence-electron chi connectivity index (χ1n) is 5.20. The number of halogens is 2. The minimum Gasteiger partial charge on any atom is -0.309 e. The first-order chi connectivity index (χ1) is 8.56. The molecule has 94 valence electrons. The number of aromatic amines is 1. The lowest BCUT2D eigenvalue weighted by atomic mass is 10.4. The predicted octanol–water partition coefficient (Wildman–Crippen LogP) is 3.74. The Kier molecular flexibility index (Phi) is 4.85. The van der Waals surface area contributed by atoms with E-state index in [1.807, 2.05) is 53.8 Å². The Hall–Kier alpha value is -0.340. The fourth-order valence-corrected chi connectivity index (χ4v) is 3.04. The van der Waals surface area contributed by atoms with Gasteiger partial charge in [0, 0.05) is 9.37 Å². The van der Waals surface area contributed by atoms with Gasteiger partial charge in [-0.05, 0) is 47.7 Å². The van der Waals surface area contributed by atoms with Gasteiger partial charge in [0.05, 0.1) is 15.0 Å². The summed E-state index contributed by atoms with van der Waals surface area (Å²) in [4.78, 5) is 19.9. The van der Waals surface area contributed by atoms with Crippen LogP contribution in [0.1, 0.15) is 11.5 Å². The number of hydrogen-bond donors (Lipinski definition) is 1. The molecule has 0 aliphatic rings. The smallest absolute Gasteiger partial charge is 0.264 e. The second kappa shape index (κ2) is 6.21. The molecule has 0 radical (unpaired) electrons. The summed E-state index contributed by atoms with van der Waals surface area (Å²) < 4.78 is 1.71. The molecule has 1 heterocycles. The van der Waals surface area contributed by atoms with Gasteiger partial charge in [-0.1, -0.05) is 22.0 Å². The SMILES string of the molecule is Cc1nc(CSc2cccc(Br)c2)[nH]c(=O)c1I. The number of benzene rings is 1. The summed E-state index contributed by atoms with van der Waals surface area (Å²) in [6.07, 6.45) is 0. The topological polar surface area (TPSA) is 45.8 Å². The third kappa shape index (κ3) is 3.58. The van der Waals surface area contributed by atoms with E-state index in [1.165, 1.54) is 0 Å². The Morgan fingerprint density at radius 1 is 1.50 bits per heavy atom. The van der Waals surface area contributed by atoms with Gasteiger partial charge in [0.1, 0.15) is 5.82 Å². The number of nitrogens with zero attached hydrogens (tertiary/aromatic N) is 1. The normalized spacial score (nSPS) is 10.6. The van der Waals surface area contributed by atoms with Crippen molar-refractivity contribution in [2.45, 2.75) is 17.6 Å². The zero-order valence-corrected chi connectivity index (χ0v) is 14.1. The van der Waals surface area contributed by atoms with Crippen LogP contribution in [0, 0.1) is 10.5 Å². The summed E-state index contributed by atoms with van der Waals surface area (Å²) in [5.74, 6) is 1.37. The van der Waals surface area contributed by atoms with E-state index < -0.39 is 0 Å². The Morgan fingerprint density at radius 3 is 2.94 bits per heavy atom. The van der Waals surface area contributed by atoms with Crippen molar-refractivity contribution in [3.63, 3.8) is 0 Å². The Morgan fingerprint density at radius 2 is 2.28 bits per heavy atom. The van der Waals surface area contributed by atoms with Crippen LogP contribution in [0.25, 0.3) is 0 Å². The lowest BCUT2D eigenvalue weighted by Gasteiger charge is -2.04. The molecule has 1 N–H and O–H groups in total. The maximum absolute atomic E-state index is 11.6. The van der Waals surface area contributed by atoms with Crippen LogP contribution in [0.3, 0.4) is 0 Å². The molecule has 0 saturated heterocycles. The van der Waals surface area contributed by atoms with E-state index in [4.69, 9.17) is 0 Å². The molecule has 0 aliphatic carbocycles. The predicted molar refractivity (Wildman–Crippen MR) is 86.0 cm³/mol. The number of aromatic nitrogens is 2. The van der Waals surface area contributed by atoms with E-state index in [0.29, 0.717) is 15.1 Å². The van der Waals surface area contributed by atoms with E-state index >= 15 is 0 Å². The number of nitrogens with one attached hydrogen (secondary N) is 1. The first kappa shape index (κ1) is 14.1. The molecule has 0 bridgehead atoms. The van der Waals surface area contributed by atoms with Gasteiger partial charge < -0.3 is 4.98 Å². The van der Waals surface area contributed by atoms with Crippen LogP contribution in [0.2, 0.25) is 0 Å². The van der Waals surface area contributed by atoms with Crippen LogP contribution in [0.4, 0.5) is 0 Å². The quantitative estimate of drug-likeness (QED) is 0.588. The molecule has 0 amide bonds. The maximum Gasteiger partial charge on any atom is 0.264 e. The largest absolute Gasteiger partial charge is 0.309 e. The van der Waals surface area contributed by atoms with Crippen LogP contribution in [-0.2, 0) is 5.75 Å². The van der Waals surface area contributed by atoms with Crippen molar-refractivity contribution in [2.75, 3.05) is 0 Å². The van der Waals surface area contributed by atoms with Crippen molar-refractivity contribution in [1.82, 2.24) is 9.97 Å². The number of thioether (sulfide) groups is 1. The third-order valence-electron chi connectivity index (χ3n) is 2.25. The van der Waals surface area contributed by atoms with Crippen LogP contribution in [0.5, 0.6) is 0 Å². The van der Waals surface area contributed by atoms with Gasteiger partial charge >= 0.3 is 0 Å². The summed E-state index contributed by atoms with van der Waals surface area (Å²) in [6.45, 7) is 1.85. The molecule has 3 nitrogen and oxygen atoms in total. The van der Waals surface area contributed by atoms with E-state index in [-0.39, 0.29) is 5.56 Å². The number of rotatable bonds is 3. The molecule has 2 rings (SSSR count). The highest BCUT2D eigenvalue weighted by molar-refractivity contribution is 14.1. The maximum atomic E-state index is 11.6. The molecule has 6 heteroatoms. The van der Waals surface area contributed by atoms with Crippen molar-refractivity contribution < 1.29 is 0 Å². The lowest BCUT2D eigenvalue weighted by molar-refractivity contribution is 0.953. The molecule has 1 aromatic carbocycles. The molecule has 1 aromatic heterocycles. The molecule has 0 saturated carbocycles. The molecule has 0 fully saturated rings. The standard InChI is InChI=1S/C12H10BrIN2OS/c1-7-11(14)12(17)16-10(15-7)6-18-9-4-2-3-8(13)5-9/h2-5H,6H2,1H3,(H,15,16,17). The van der Waals surface area contributed by atoms with Crippen LogP contribution in [0.15, 0.2) is 38.4 Å². The highest BCUT2D eigenvalue weighted by Gasteiger charge is 2.05. The minimum atomic E-state index is -0.0621. The Balaban J connectivity index is 2.14. The first-order valence-corrected chi connectivity index (χ1v) is 8.05. The van der Waals surface area contributed by atoms with Gasteiger partial charge in [0.2, 0.25) is 0 Å². The summed E-state index contributed by atoms with van der Waals surface area (Å²) in [5, 5.41) is 0. The van der Waals surface area contributed by atoms with Gasteiger partial charge in [-0.25, -0.2) is 4.98 Å². The molecular formula is C12H10BrIN2OS. The molecule has 18 heavy (non-hydrogen) atoms. The second-order valence-electron chi connectivity index (χ2n) is 3.66. The number of H-pyrrole nitrogens is 1. The fourth-order valence-electron chi connectivity index (χ4n) is 1.41. The lowest BCUT2D eigenvalue weighted by Crippen LogP contribution is -2.16. The zero-order valence-electron chi connectivity index (χ0n) is 9.54. The fraction of sp³-hybridized carbons (Fsp3) is 0.167. The van der Waals surface area contributed by atoms with E-state index in [9.17, 15) is 4.79 Å². The highest BCUT2D eigenvalue weighted by Crippen LogP contribution is 2.24. The van der Waals surface area contributed by atoms with E-state index in [1.54, 1.807) is 11.8 Å². The van der Waals surface area contributed by atoms with E-state index in [2.05, 4.69) is 25.9 Å². The Bertz CT molecular complexity index is 630. The van der Waals surface area contributed by atoms with E-state index in [0.717, 1.165) is 15.1 Å². The zero-order chi connectivity index (χ0) is 13.1. The van der Waals surface area contributed by atoms with Gasteiger partial charge in [-0.2, -0.15) is 0 Å². The van der Waals surface area contributed by atoms with Crippen LogP contribution < -0.4 is 5.56 Å². The summed E-state index contributed by atoms with van der Waals surface area (Å²) in [6, 6.07) is 8.05. The summed E-state index contributed by atoms with van der Waals surface area (Å²) in [5.41, 5.74) is 0.720. The van der Waals surface area contributed by atoms with Gasteiger partial charge in [0.15, 0.2) is 0 Å². The molecule has 0 aliphatic heterocycles. The summed E-state index contributed by atoms with van der Waals surface area (Å²) in [7, 11) is 0. The second-order valence-corrected chi connectivity index (χ2v) is 6.70. The van der Waals surface area contributed by atoms with Crippen molar-refractivity contribution >= 4 is 50.3 Å². The minimum absolute atomic E-state index is 0.0621. The Labute approximate surface area is 131 Å². The summed E-state index contributed by atoms with van der Waals surface area (Å²) >= 11 is 7.09. The van der Waals surface area contributed by atoms with Crippen LogP contribution in [-0.4, -0.2) is 9.97 Å². The van der Waals surface area contributed by atoms with Crippen molar-refractivity contribution in [2.24, 2.45) is 0 Å². The van der Waals surface area contributed by atoms with Gasteiger partial charge in [-0.15, -0.1) is 11.8 Å². The van der Waals surface area contributed by atoms with Crippen LogP contribution >= 0.6 is 50.3 Å². The van der Waals surface area contributed by atoms with Crippen molar-refractivity contribution in [1.29, 1.82) is 0 Å². The molecule has 2 aromatic rings. The molecule has 0 atom stereocenters. The van der Waals surface area contributed by atoms with Gasteiger partial charge in [-0.3, -0.25) is 4.79 Å².